The monoisotopic (exact) mass is 284 g/mol. The molecule has 1 saturated heterocycles. The van der Waals surface area contributed by atoms with Gasteiger partial charge in [0.25, 0.3) is 0 Å². The van der Waals surface area contributed by atoms with Gasteiger partial charge in [-0.05, 0) is 37.2 Å². The van der Waals surface area contributed by atoms with E-state index >= 15 is 0 Å². The van der Waals surface area contributed by atoms with Gasteiger partial charge in [0.15, 0.2) is 0 Å². The molecule has 2 rings (SSSR count). The topological polar surface area (TPSA) is 72.1 Å². The minimum Gasteiger partial charge on any atom is -0.492 e. The molecule has 1 unspecified atom stereocenters. The van der Waals surface area contributed by atoms with E-state index in [0.717, 1.165) is 38.3 Å². The second-order valence-corrected chi connectivity index (χ2v) is 5.08. The van der Waals surface area contributed by atoms with Crippen molar-refractivity contribution in [1.82, 2.24) is 10.2 Å². The Morgan fingerprint density at radius 2 is 2.05 bits per heavy atom. The van der Waals surface area contributed by atoms with Crippen molar-refractivity contribution in [3.05, 3.63) is 29.8 Å². The maximum Gasteiger partial charge on any atom is 0.119 e. The van der Waals surface area contributed by atoms with Crippen LogP contribution in [0.1, 0.15) is 18.4 Å². The Kier molecular flexibility index (Phi) is 6.02. The first-order valence-electron chi connectivity index (χ1n) is 7.28. The van der Waals surface area contributed by atoms with E-state index in [2.05, 4.69) is 22.4 Å². The third kappa shape index (κ3) is 4.75. The van der Waals surface area contributed by atoms with Crippen molar-refractivity contribution < 1.29 is 4.74 Å². The summed E-state index contributed by atoms with van der Waals surface area (Å²) in [5, 5.41) is 20.9. The highest BCUT2D eigenvalue weighted by Crippen LogP contribution is 2.13. The zero-order valence-electron chi connectivity index (χ0n) is 12.1. The molecule has 0 spiro atoms. The third-order valence-electron chi connectivity index (χ3n) is 3.69. The lowest BCUT2D eigenvalue weighted by atomic mass is 10.2. The molecule has 0 aromatic heterocycles. The van der Waals surface area contributed by atoms with Crippen LogP contribution in [0.4, 0.5) is 0 Å². The number of nitrogens with zero attached hydrogens (tertiary/aromatic N) is 3. The molecule has 1 aliphatic rings. The average molecular weight is 284 g/mol. The molecule has 0 amide bonds. The molecule has 1 aromatic carbocycles. The fraction of sp³-hybridized carbons (Fsp3) is 0.500. The molecule has 5 nitrogen and oxygen atoms in total. The first-order valence-corrected chi connectivity index (χ1v) is 7.28. The van der Waals surface area contributed by atoms with Crippen LogP contribution in [0.15, 0.2) is 24.3 Å². The van der Waals surface area contributed by atoms with E-state index in [1.165, 1.54) is 0 Å². The van der Waals surface area contributed by atoms with Crippen molar-refractivity contribution in [2.45, 2.75) is 18.9 Å². The van der Waals surface area contributed by atoms with Crippen LogP contribution in [-0.2, 0) is 0 Å². The lowest BCUT2D eigenvalue weighted by Gasteiger charge is -2.27. The lowest BCUT2D eigenvalue weighted by Crippen LogP contribution is -2.40. The largest absolute Gasteiger partial charge is 0.492 e. The molecule has 21 heavy (non-hydrogen) atoms. The van der Waals surface area contributed by atoms with Crippen LogP contribution in [0, 0.1) is 22.7 Å². The van der Waals surface area contributed by atoms with Gasteiger partial charge in [-0.3, -0.25) is 4.90 Å². The number of hydrogen-bond donors (Lipinski definition) is 1. The number of nitriles is 2. The molecule has 1 aromatic rings. The zero-order valence-corrected chi connectivity index (χ0v) is 12.1. The Labute approximate surface area is 125 Å². The number of nitrogens with one attached hydrogen (secondary N) is 1. The number of rotatable bonds is 7. The number of ether oxygens (including phenoxy) is 1. The molecule has 0 aliphatic carbocycles. The summed E-state index contributed by atoms with van der Waals surface area (Å²) in [4.78, 5) is 2.33. The molecule has 110 valence electrons. The first-order chi connectivity index (χ1) is 10.3. The molecule has 1 atom stereocenters. The predicted octanol–water partition coefficient (Wildman–Crippen LogP) is 1.51. The van der Waals surface area contributed by atoms with Crippen LogP contribution in [0.3, 0.4) is 0 Å². The second-order valence-electron chi connectivity index (χ2n) is 5.08. The molecule has 5 heteroatoms. The van der Waals surface area contributed by atoms with E-state index < -0.39 is 0 Å². The van der Waals surface area contributed by atoms with Gasteiger partial charge in [0.05, 0.1) is 17.7 Å². The average Bonchev–Trinajstić information content (AvgIpc) is 3.05. The smallest absolute Gasteiger partial charge is 0.119 e. The van der Waals surface area contributed by atoms with Gasteiger partial charge >= 0.3 is 0 Å². The molecule has 0 radical (unpaired) electrons. The zero-order chi connectivity index (χ0) is 14.9. The van der Waals surface area contributed by atoms with Gasteiger partial charge in [0.1, 0.15) is 12.4 Å². The standard InChI is InChI=1S/C16H20N4O/c17-7-1-9-20(15-6-8-19-13-15)10-11-21-16-4-2-14(12-18)3-5-16/h2-5,15,19H,1,6,8-11,13H2. The van der Waals surface area contributed by atoms with E-state index in [-0.39, 0.29) is 0 Å². The second kappa shape index (κ2) is 8.26. The Hall–Kier alpha value is -2.08. The highest BCUT2D eigenvalue weighted by Gasteiger charge is 2.21. The van der Waals surface area contributed by atoms with E-state index in [0.29, 0.717) is 24.6 Å². The molecular weight excluding hydrogens is 264 g/mol. The van der Waals surface area contributed by atoms with Crippen LogP contribution in [0.5, 0.6) is 5.75 Å². The van der Waals surface area contributed by atoms with Gasteiger partial charge < -0.3 is 10.1 Å². The van der Waals surface area contributed by atoms with Crippen molar-refractivity contribution >= 4 is 0 Å². The van der Waals surface area contributed by atoms with Gasteiger partial charge in [0.2, 0.25) is 0 Å². The summed E-state index contributed by atoms with van der Waals surface area (Å²) in [6.07, 6.45) is 1.68. The molecular formula is C16H20N4O. The van der Waals surface area contributed by atoms with E-state index in [4.69, 9.17) is 15.3 Å². The summed E-state index contributed by atoms with van der Waals surface area (Å²) in [6, 6.07) is 11.9. The van der Waals surface area contributed by atoms with Crippen LogP contribution in [0.25, 0.3) is 0 Å². The van der Waals surface area contributed by atoms with Gasteiger partial charge in [0, 0.05) is 32.1 Å². The minimum atomic E-state index is 0.503. The van der Waals surface area contributed by atoms with Gasteiger partial charge in [-0.1, -0.05) is 0 Å². The highest BCUT2D eigenvalue weighted by molar-refractivity contribution is 5.34. The molecule has 1 fully saturated rings. The Balaban J connectivity index is 1.80. The van der Waals surface area contributed by atoms with Crippen molar-refractivity contribution in [2.75, 3.05) is 32.8 Å². The Morgan fingerprint density at radius 1 is 1.24 bits per heavy atom. The first kappa shape index (κ1) is 15.3. The van der Waals surface area contributed by atoms with Crippen LogP contribution >= 0.6 is 0 Å². The normalized spacial score (nSPS) is 17.4. The summed E-state index contributed by atoms with van der Waals surface area (Å²) in [7, 11) is 0. The quantitative estimate of drug-likeness (QED) is 0.822. The fourth-order valence-electron chi connectivity index (χ4n) is 2.53. The van der Waals surface area contributed by atoms with Gasteiger partial charge in [-0.25, -0.2) is 0 Å². The summed E-state index contributed by atoms with van der Waals surface area (Å²) < 4.78 is 5.72. The van der Waals surface area contributed by atoms with Crippen LogP contribution < -0.4 is 10.1 Å². The van der Waals surface area contributed by atoms with Gasteiger partial charge in [-0.2, -0.15) is 10.5 Å². The maximum absolute atomic E-state index is 8.76. The van der Waals surface area contributed by atoms with Crippen molar-refractivity contribution in [1.29, 1.82) is 10.5 Å². The minimum absolute atomic E-state index is 0.503. The Bertz CT molecular complexity index is 509. The van der Waals surface area contributed by atoms with E-state index in [1.807, 2.05) is 12.1 Å². The van der Waals surface area contributed by atoms with E-state index in [1.54, 1.807) is 12.1 Å². The summed E-state index contributed by atoms with van der Waals surface area (Å²) >= 11 is 0. The number of hydrogen-bond acceptors (Lipinski definition) is 5. The van der Waals surface area contributed by atoms with Crippen LogP contribution in [-0.4, -0.2) is 43.7 Å². The summed E-state index contributed by atoms with van der Waals surface area (Å²) in [5.74, 6) is 0.777. The molecule has 1 N–H and O–H groups in total. The lowest BCUT2D eigenvalue weighted by molar-refractivity contribution is 0.170. The molecule has 0 saturated carbocycles. The van der Waals surface area contributed by atoms with Crippen molar-refractivity contribution in [3.8, 4) is 17.9 Å². The molecule has 0 bridgehead atoms. The van der Waals surface area contributed by atoms with E-state index in [9.17, 15) is 0 Å². The Morgan fingerprint density at radius 3 is 2.67 bits per heavy atom. The predicted molar refractivity (Wildman–Crippen MR) is 79.7 cm³/mol. The third-order valence-corrected chi connectivity index (χ3v) is 3.69. The molecule has 1 heterocycles. The van der Waals surface area contributed by atoms with Gasteiger partial charge in [-0.15, -0.1) is 0 Å². The fourth-order valence-corrected chi connectivity index (χ4v) is 2.53. The highest BCUT2D eigenvalue weighted by atomic mass is 16.5. The van der Waals surface area contributed by atoms with Crippen molar-refractivity contribution in [2.24, 2.45) is 0 Å². The summed E-state index contributed by atoms with van der Waals surface area (Å²) in [5.41, 5.74) is 0.634. The maximum atomic E-state index is 8.76. The number of benzene rings is 1. The SMILES string of the molecule is N#CCCN(CCOc1ccc(C#N)cc1)C1CCNC1. The summed E-state index contributed by atoms with van der Waals surface area (Å²) in [6.45, 7) is 4.23. The molecule has 1 aliphatic heterocycles. The van der Waals surface area contributed by atoms with Crippen LogP contribution in [0.2, 0.25) is 0 Å². The van der Waals surface area contributed by atoms with Crippen molar-refractivity contribution in [3.63, 3.8) is 0 Å².